The molecule has 0 aromatic heterocycles. The van der Waals surface area contributed by atoms with Gasteiger partial charge in [-0.15, -0.1) is 11.8 Å². The van der Waals surface area contributed by atoms with Crippen LogP contribution in [0, 0.1) is 0 Å². The maximum Gasteiger partial charge on any atom is 0.460 e. The first-order chi connectivity index (χ1) is 25.6. The van der Waals surface area contributed by atoms with E-state index in [1.807, 2.05) is 0 Å². The van der Waals surface area contributed by atoms with Gasteiger partial charge in [0, 0.05) is 17.1 Å². The van der Waals surface area contributed by atoms with Crippen LogP contribution >= 0.6 is 11.8 Å². The predicted molar refractivity (Wildman–Crippen MR) is 184 cm³/mol. The number of thioether (sulfide) groups is 1. The molecule has 0 amide bonds. The molecule has 0 heterocycles. The first-order valence-electron chi connectivity index (χ1n) is 18.3. The summed E-state index contributed by atoms with van der Waals surface area (Å²) >= 11 is 0.307. The van der Waals surface area contributed by atoms with E-state index in [1.54, 1.807) is 12.1 Å². The molecule has 0 radical (unpaired) electrons. The van der Waals surface area contributed by atoms with Gasteiger partial charge in [-0.25, -0.2) is 4.79 Å². The van der Waals surface area contributed by atoms with Gasteiger partial charge in [-0.1, -0.05) is 96.8 Å². The van der Waals surface area contributed by atoms with Gasteiger partial charge in [0.05, 0.1) is 12.2 Å². The largest absolute Gasteiger partial charge is 0.494 e. The van der Waals surface area contributed by atoms with Gasteiger partial charge < -0.3 is 9.47 Å². The van der Waals surface area contributed by atoms with E-state index in [-0.39, 0.29) is 16.2 Å². The van der Waals surface area contributed by atoms with Crippen LogP contribution in [0.3, 0.4) is 0 Å². The van der Waals surface area contributed by atoms with Crippen LogP contribution in [-0.2, 0) is 0 Å². The van der Waals surface area contributed by atoms with Crippen LogP contribution < -0.4 is 9.47 Å². The number of benzene rings is 2. The molecule has 2 aromatic rings. The number of carbonyl (C=O) groups is 1. The maximum atomic E-state index is 14.0. The van der Waals surface area contributed by atoms with Crippen LogP contribution in [0.4, 0.5) is 57.1 Å². The lowest BCUT2D eigenvalue weighted by molar-refractivity contribution is -0.439. The van der Waals surface area contributed by atoms with Crippen molar-refractivity contribution in [1.82, 2.24) is 0 Å². The van der Waals surface area contributed by atoms with E-state index < -0.39 is 53.9 Å². The number of alkyl halides is 13. The van der Waals surface area contributed by atoms with Crippen molar-refractivity contribution in [3.05, 3.63) is 54.1 Å². The highest BCUT2D eigenvalue weighted by molar-refractivity contribution is 7.99. The second-order valence-corrected chi connectivity index (χ2v) is 14.5. The molecular weight excluding hydrogens is 783 g/mol. The van der Waals surface area contributed by atoms with Crippen LogP contribution in [0.1, 0.15) is 120 Å². The van der Waals surface area contributed by atoms with Crippen molar-refractivity contribution >= 4 is 17.7 Å². The van der Waals surface area contributed by atoms with E-state index in [0.29, 0.717) is 24.1 Å². The Morgan fingerprint density at radius 2 is 0.945 bits per heavy atom. The minimum atomic E-state index is -7.92. The summed E-state index contributed by atoms with van der Waals surface area (Å²) in [4.78, 5) is 12.5. The molecule has 0 saturated carbocycles. The molecule has 0 bridgehead atoms. The smallest absolute Gasteiger partial charge is 0.460 e. The summed E-state index contributed by atoms with van der Waals surface area (Å²) in [5.74, 6) is -38.4. The number of esters is 1. The molecule has 0 aliphatic carbocycles. The lowest BCUT2D eigenvalue weighted by Crippen LogP contribution is -2.70. The SMILES string of the molecule is CCCCCCCCCCCCCCCCCOc1ccc(C(=O)Oc2ccc(SCCC(F)(F)C(F)(F)C(F)(F)C(F)(F)C(F)(F)C(F)(F)F)cc2)cc1. The van der Waals surface area contributed by atoms with Crippen LogP contribution in [0.5, 0.6) is 11.5 Å². The molecule has 3 nitrogen and oxygen atoms in total. The molecular formula is C38H47F13O3S. The van der Waals surface area contributed by atoms with Gasteiger partial charge in [-0.3, -0.25) is 0 Å². The monoisotopic (exact) mass is 830 g/mol. The molecule has 0 atom stereocenters. The number of hydrogen-bond donors (Lipinski definition) is 0. The zero-order valence-electron chi connectivity index (χ0n) is 30.4. The molecule has 17 heteroatoms. The van der Waals surface area contributed by atoms with Gasteiger partial charge in [0.2, 0.25) is 0 Å². The van der Waals surface area contributed by atoms with Crippen molar-refractivity contribution in [2.45, 2.75) is 150 Å². The van der Waals surface area contributed by atoms with Gasteiger partial charge in [0.25, 0.3) is 0 Å². The first kappa shape index (κ1) is 48.3. The van der Waals surface area contributed by atoms with E-state index in [2.05, 4.69) is 6.92 Å². The van der Waals surface area contributed by atoms with Crippen molar-refractivity contribution in [1.29, 1.82) is 0 Å². The second-order valence-electron chi connectivity index (χ2n) is 13.3. The van der Waals surface area contributed by atoms with Crippen molar-refractivity contribution in [2.24, 2.45) is 0 Å². The molecule has 0 unspecified atom stereocenters. The highest BCUT2D eigenvalue weighted by Crippen LogP contribution is 2.60. The number of carbonyl (C=O) groups excluding carboxylic acids is 1. The molecule has 0 fully saturated rings. The van der Waals surface area contributed by atoms with Crippen molar-refractivity contribution in [3.8, 4) is 11.5 Å². The van der Waals surface area contributed by atoms with E-state index >= 15 is 0 Å². The molecule has 55 heavy (non-hydrogen) atoms. The summed E-state index contributed by atoms with van der Waals surface area (Å²) in [5.41, 5.74) is 0.149. The highest BCUT2D eigenvalue weighted by Gasteiger charge is 2.90. The molecule has 0 aliphatic heterocycles. The predicted octanol–water partition coefficient (Wildman–Crippen LogP) is 14.4. The zero-order valence-corrected chi connectivity index (χ0v) is 31.2. The average molecular weight is 831 g/mol. The topological polar surface area (TPSA) is 35.5 Å². The number of ether oxygens (including phenoxy) is 2. The number of hydrogen-bond acceptors (Lipinski definition) is 4. The van der Waals surface area contributed by atoms with E-state index in [1.165, 1.54) is 89.2 Å². The van der Waals surface area contributed by atoms with E-state index in [9.17, 15) is 61.9 Å². The third-order valence-electron chi connectivity index (χ3n) is 8.82. The van der Waals surface area contributed by atoms with Gasteiger partial charge in [0.1, 0.15) is 11.5 Å². The Bertz CT molecular complexity index is 1400. The Kier molecular flexibility index (Phi) is 19.0. The minimum Gasteiger partial charge on any atom is -0.494 e. The molecule has 314 valence electrons. The van der Waals surface area contributed by atoms with Crippen LogP contribution in [0.25, 0.3) is 0 Å². The number of unbranched alkanes of at least 4 members (excludes halogenated alkanes) is 14. The fourth-order valence-electron chi connectivity index (χ4n) is 5.38. The van der Waals surface area contributed by atoms with Crippen molar-refractivity contribution in [3.63, 3.8) is 0 Å². The lowest BCUT2D eigenvalue weighted by atomic mass is 9.93. The second kappa shape index (κ2) is 21.6. The number of rotatable bonds is 27. The average Bonchev–Trinajstić information content (AvgIpc) is 3.11. The maximum absolute atomic E-state index is 14.0. The third kappa shape index (κ3) is 13.6. The Hall–Kier alpha value is -2.85. The lowest BCUT2D eigenvalue weighted by Gasteiger charge is -2.39. The van der Waals surface area contributed by atoms with Gasteiger partial charge in [-0.05, 0) is 55.0 Å². The van der Waals surface area contributed by atoms with Gasteiger partial charge >= 0.3 is 41.8 Å². The summed E-state index contributed by atoms with van der Waals surface area (Å²) in [6.45, 7) is 2.73. The Morgan fingerprint density at radius 3 is 1.40 bits per heavy atom. The molecule has 0 saturated heterocycles. The van der Waals surface area contributed by atoms with Crippen molar-refractivity contribution in [2.75, 3.05) is 12.4 Å². The van der Waals surface area contributed by atoms with Crippen LogP contribution in [-0.4, -0.2) is 54.1 Å². The summed E-state index contributed by atoms with van der Waals surface area (Å²) in [6, 6.07) is 10.7. The minimum absolute atomic E-state index is 0.00944. The summed E-state index contributed by atoms with van der Waals surface area (Å²) in [7, 11) is 0. The summed E-state index contributed by atoms with van der Waals surface area (Å²) in [6.07, 6.45) is 8.92. The molecule has 2 rings (SSSR count). The molecule has 0 spiro atoms. The quantitative estimate of drug-likeness (QED) is 0.0295. The molecule has 2 aromatic carbocycles. The fraction of sp³-hybridized carbons (Fsp3) is 0.658. The van der Waals surface area contributed by atoms with Crippen LogP contribution in [0.15, 0.2) is 53.4 Å². The van der Waals surface area contributed by atoms with E-state index in [0.717, 1.165) is 43.5 Å². The van der Waals surface area contributed by atoms with Crippen LogP contribution in [0.2, 0.25) is 0 Å². The zero-order chi connectivity index (χ0) is 41.4. The normalized spacial score (nSPS) is 13.3. The summed E-state index contributed by atoms with van der Waals surface area (Å²) < 4.78 is 184. The Morgan fingerprint density at radius 1 is 0.527 bits per heavy atom. The molecule has 0 N–H and O–H groups in total. The van der Waals surface area contributed by atoms with E-state index in [4.69, 9.17) is 9.47 Å². The molecule has 0 aliphatic rings. The number of halogens is 13. The van der Waals surface area contributed by atoms with Gasteiger partial charge in [0.15, 0.2) is 0 Å². The third-order valence-corrected chi connectivity index (χ3v) is 9.84. The Labute approximate surface area is 317 Å². The Balaban J connectivity index is 1.71. The van der Waals surface area contributed by atoms with Crippen molar-refractivity contribution < 1.29 is 71.3 Å². The first-order valence-corrected chi connectivity index (χ1v) is 19.2. The van der Waals surface area contributed by atoms with Gasteiger partial charge in [-0.2, -0.15) is 57.1 Å². The fourth-order valence-corrected chi connectivity index (χ4v) is 6.30. The summed E-state index contributed by atoms with van der Waals surface area (Å²) in [5, 5.41) is 0. The standard InChI is InChI=1S/C38H47F13O3S/c1-2-3-4-5-6-7-8-9-10-11-12-13-14-15-16-26-53-29-19-17-28(18-20-29)32(52)54-30-21-23-31(24-22-30)55-27-25-33(39,40)34(41,42)35(43,44)36(45,46)37(47,48)38(49,50)51/h17-24H,2-16,25-27H2,1H3. The highest BCUT2D eigenvalue weighted by atomic mass is 32.2.